The van der Waals surface area contributed by atoms with Crippen LogP contribution in [0.2, 0.25) is 0 Å². The standard InChI is InChI=1S/C23H23N5O4S.C20H20N6O2.C18H16N6O/c1-27-20-12-24-18-8-3-13(9-17(18)21(20)28(23(27)29)15-4-5-15)14-10-19(22(32-2)25-11-14)26-33(30,31)16-6-7-16;1-25-17-11-22-16-3-2-12(13-9-23-19(21)24-10-13)8-15(16)18(17)26(20(25)27)14-4-6-28-7-5-14;1-23-15-9-20-14-5-2-10(11-7-21-17(19)22-8-11)6-13(14)16(15)24(18(23)25)12-3-4-12/h3,8-12,15-16,26H,4-7H2,1-2H3;2-3,8-11,14H,4-7H2,1H3,(H2,21,23,24);2,5-9,12H,3-4H2,1H3,(H2,19,21,22). The van der Waals surface area contributed by atoms with Crippen molar-refractivity contribution in [3.63, 3.8) is 0 Å². The predicted octanol–water partition coefficient (Wildman–Crippen LogP) is 7.74. The molecule has 0 bridgehead atoms. The van der Waals surface area contributed by atoms with Gasteiger partial charge in [-0.3, -0.25) is 47.1 Å². The Balaban J connectivity index is 0.000000115. The van der Waals surface area contributed by atoms with E-state index in [0.717, 1.165) is 138 Å². The van der Waals surface area contributed by atoms with E-state index in [1.165, 1.54) is 7.11 Å². The van der Waals surface area contributed by atoms with Crippen LogP contribution in [0.25, 0.3) is 99.2 Å². The molecule has 16 rings (SSSR count). The number of sulfonamides is 1. The van der Waals surface area contributed by atoms with Gasteiger partial charge in [0, 0.05) is 116 Å². The fourth-order valence-corrected chi connectivity index (χ4v) is 13.1. The molecule has 5 N–H and O–H groups in total. The number of methoxy groups -OCH3 is 1. The summed E-state index contributed by atoms with van der Waals surface area (Å²) in [5.41, 5.74) is 24.5. The number of hydrogen-bond donors (Lipinski definition) is 3. The second kappa shape index (κ2) is 21.0. The molecule has 10 heterocycles. The van der Waals surface area contributed by atoms with Crippen molar-refractivity contribution in [2.75, 3.05) is 36.5 Å². The minimum atomic E-state index is -3.47. The van der Waals surface area contributed by atoms with Gasteiger partial charge in [-0.05, 0) is 111 Å². The Hall–Kier alpha value is -9.88. The third kappa shape index (κ3) is 9.61. The second-order valence-corrected chi connectivity index (χ2v) is 24.4. The monoisotopic (exact) mass is 1170 g/mol. The van der Waals surface area contributed by atoms with Gasteiger partial charge in [0.1, 0.15) is 5.69 Å². The van der Waals surface area contributed by atoms with Crippen LogP contribution >= 0.6 is 0 Å². The van der Waals surface area contributed by atoms with Gasteiger partial charge in [0.05, 0.1) is 80.6 Å². The van der Waals surface area contributed by atoms with E-state index in [1.54, 1.807) is 90.5 Å². The van der Waals surface area contributed by atoms with Crippen LogP contribution < -0.4 is 38.0 Å². The summed E-state index contributed by atoms with van der Waals surface area (Å²) < 4.78 is 49.2. The van der Waals surface area contributed by atoms with Crippen LogP contribution in [0.5, 0.6) is 5.88 Å². The van der Waals surface area contributed by atoms with Crippen molar-refractivity contribution in [3.8, 4) is 39.3 Å². The first-order chi connectivity index (χ1) is 41.6. The van der Waals surface area contributed by atoms with Crippen LogP contribution in [0.15, 0.2) is 125 Å². The average Bonchev–Trinajstić information content (AvgIpc) is 1.73. The molecule has 0 amide bonds. The van der Waals surface area contributed by atoms with Gasteiger partial charge in [-0.15, -0.1) is 0 Å². The largest absolute Gasteiger partial charge is 0.480 e. The third-order valence-corrected chi connectivity index (χ3v) is 18.6. The topological polar surface area (TPSA) is 301 Å². The molecule has 0 unspecified atom stereocenters. The van der Waals surface area contributed by atoms with Crippen LogP contribution in [0.4, 0.5) is 17.6 Å². The number of aryl methyl sites for hydroxylation is 3. The van der Waals surface area contributed by atoms with Gasteiger partial charge in [0.25, 0.3) is 0 Å². The number of anilines is 3. The summed E-state index contributed by atoms with van der Waals surface area (Å²) in [4.78, 5) is 72.9. The van der Waals surface area contributed by atoms with Crippen molar-refractivity contribution in [3.05, 3.63) is 142 Å². The zero-order chi connectivity index (χ0) is 59.3. The van der Waals surface area contributed by atoms with Crippen LogP contribution in [-0.4, -0.2) is 101 Å². The van der Waals surface area contributed by atoms with Crippen LogP contribution in [0, 0.1) is 0 Å². The zero-order valence-electron chi connectivity index (χ0n) is 47.5. The number of nitrogens with one attached hydrogen (secondary N) is 1. The van der Waals surface area contributed by atoms with Crippen LogP contribution in [0.3, 0.4) is 0 Å². The first kappa shape index (κ1) is 54.1. The molecule has 1 aliphatic heterocycles. The summed E-state index contributed by atoms with van der Waals surface area (Å²) in [5.74, 6) is 0.711. The summed E-state index contributed by atoms with van der Waals surface area (Å²) in [6.07, 6.45) is 20.9. The van der Waals surface area contributed by atoms with Gasteiger partial charge in [0.15, 0.2) is 0 Å². The molecule has 3 saturated carbocycles. The van der Waals surface area contributed by atoms with Crippen molar-refractivity contribution in [1.29, 1.82) is 0 Å². The average molecular weight is 1170 g/mol. The molecule has 3 aromatic carbocycles. The number of imidazole rings is 3. The summed E-state index contributed by atoms with van der Waals surface area (Å²) >= 11 is 0. The number of aromatic nitrogens is 14. The van der Waals surface area contributed by atoms with E-state index >= 15 is 0 Å². The zero-order valence-corrected chi connectivity index (χ0v) is 48.3. The molecule has 1 saturated heterocycles. The Morgan fingerprint density at radius 2 is 0.849 bits per heavy atom. The highest BCUT2D eigenvalue weighted by Crippen LogP contribution is 2.41. The first-order valence-corrected chi connectivity index (χ1v) is 30.0. The number of rotatable bonds is 10. The molecule has 9 aromatic heterocycles. The number of nitrogens with zero attached hydrogens (tertiary/aromatic N) is 14. The molecule has 3 aliphatic carbocycles. The maximum absolute atomic E-state index is 13.0. The quantitative estimate of drug-likeness (QED) is 0.118. The molecule has 4 fully saturated rings. The van der Waals surface area contributed by atoms with Crippen LogP contribution in [-0.2, 0) is 35.9 Å². The smallest absolute Gasteiger partial charge is 0.329 e. The van der Waals surface area contributed by atoms with E-state index in [2.05, 4.69) is 56.7 Å². The van der Waals surface area contributed by atoms with E-state index < -0.39 is 10.0 Å². The number of ether oxygens (including phenoxy) is 2. The lowest BCUT2D eigenvalue weighted by molar-refractivity contribution is 0.0697. The van der Waals surface area contributed by atoms with Gasteiger partial charge >= 0.3 is 17.1 Å². The van der Waals surface area contributed by atoms with Crippen molar-refractivity contribution in [2.45, 2.75) is 74.7 Å². The fourth-order valence-electron chi connectivity index (χ4n) is 11.7. The number of fused-ring (bicyclic) bond motifs is 9. The molecular weight excluding hydrogens is 1110 g/mol. The van der Waals surface area contributed by atoms with Crippen molar-refractivity contribution in [1.82, 2.24) is 67.3 Å². The van der Waals surface area contributed by atoms with E-state index in [4.69, 9.17) is 20.9 Å². The molecular formula is C61H59N17O7S. The Morgan fingerprint density at radius 1 is 0.477 bits per heavy atom. The number of nitrogens with two attached hydrogens (primary N) is 2. The van der Waals surface area contributed by atoms with Crippen molar-refractivity contribution in [2.24, 2.45) is 21.1 Å². The molecule has 12 aromatic rings. The van der Waals surface area contributed by atoms with E-state index in [-0.39, 0.29) is 52.2 Å². The summed E-state index contributed by atoms with van der Waals surface area (Å²) in [7, 11) is 3.36. The Kier molecular flexibility index (Phi) is 13.2. The summed E-state index contributed by atoms with van der Waals surface area (Å²) in [6.45, 7) is 1.34. The summed E-state index contributed by atoms with van der Waals surface area (Å²) in [6, 6.07) is 20.2. The lowest BCUT2D eigenvalue weighted by Gasteiger charge is -2.23. The molecule has 0 atom stereocenters. The highest BCUT2D eigenvalue weighted by Gasteiger charge is 2.37. The molecule has 86 heavy (non-hydrogen) atoms. The normalized spacial score (nSPS) is 15.5. The van der Waals surface area contributed by atoms with Crippen LogP contribution in [0.1, 0.15) is 69.5 Å². The molecule has 24 nitrogen and oxygen atoms in total. The van der Waals surface area contributed by atoms with Gasteiger partial charge < -0.3 is 20.9 Å². The predicted molar refractivity (Wildman–Crippen MR) is 329 cm³/mol. The number of benzene rings is 3. The number of nitrogen functional groups attached to an aromatic ring is 2. The second-order valence-electron chi connectivity index (χ2n) is 22.4. The Bertz CT molecular complexity index is 5010. The molecule has 436 valence electrons. The SMILES string of the molecule is COc1ncc(-c2ccc3ncc4c(c3c2)n(C2CC2)c(=O)n4C)cc1NS(=O)(=O)C1CC1.Cn1c(=O)n(C2CC2)c2c3cc(-c4cnc(N)nc4)ccc3ncc21.Cn1c(=O)n(C2CCOCC2)c2c3cc(-c4cnc(N)nc4)ccc3ncc21. The molecule has 0 spiro atoms. The van der Waals surface area contributed by atoms with E-state index in [9.17, 15) is 22.8 Å². The minimum absolute atomic E-state index is 0.0163. The van der Waals surface area contributed by atoms with E-state index in [0.29, 0.717) is 37.8 Å². The van der Waals surface area contributed by atoms with Gasteiger partial charge in [-0.1, -0.05) is 18.2 Å². The highest BCUT2D eigenvalue weighted by atomic mass is 32.2. The van der Waals surface area contributed by atoms with Gasteiger partial charge in [-0.25, -0.2) is 47.7 Å². The maximum Gasteiger partial charge on any atom is 0.329 e. The van der Waals surface area contributed by atoms with E-state index in [1.807, 2.05) is 56.2 Å². The summed E-state index contributed by atoms with van der Waals surface area (Å²) in [5, 5.41) is 2.43. The third-order valence-electron chi connectivity index (χ3n) is 16.7. The Morgan fingerprint density at radius 3 is 1.22 bits per heavy atom. The van der Waals surface area contributed by atoms with Crippen molar-refractivity contribution >= 4 is 93.4 Å². The van der Waals surface area contributed by atoms with Gasteiger partial charge in [0.2, 0.25) is 27.8 Å². The maximum atomic E-state index is 13.0. The lowest BCUT2D eigenvalue weighted by Crippen LogP contribution is -2.29. The highest BCUT2D eigenvalue weighted by molar-refractivity contribution is 7.93. The molecule has 0 radical (unpaired) electrons. The first-order valence-electron chi connectivity index (χ1n) is 28.4. The van der Waals surface area contributed by atoms with Gasteiger partial charge in [-0.2, -0.15) is 0 Å². The fraction of sp³-hybridized carbons (Fsp3) is 0.295. The van der Waals surface area contributed by atoms with Crippen molar-refractivity contribution < 1.29 is 17.9 Å². The minimum Gasteiger partial charge on any atom is -0.480 e. The number of pyridine rings is 4. The molecule has 25 heteroatoms. The Labute approximate surface area is 489 Å². The lowest BCUT2D eigenvalue weighted by atomic mass is 10.0. The number of hydrogen-bond acceptors (Lipinski definition) is 17. The molecule has 4 aliphatic rings.